The van der Waals surface area contributed by atoms with Gasteiger partial charge in [-0.15, -0.1) is 0 Å². The van der Waals surface area contributed by atoms with Gasteiger partial charge in [0.25, 0.3) is 0 Å². The molecule has 1 unspecified atom stereocenters. The Labute approximate surface area is 84.9 Å². The third-order valence-corrected chi connectivity index (χ3v) is 2.87. The highest BCUT2D eigenvalue weighted by molar-refractivity contribution is 5.75. The van der Waals surface area contributed by atoms with E-state index in [2.05, 4.69) is 5.32 Å². The van der Waals surface area contributed by atoms with Crippen LogP contribution in [-0.4, -0.2) is 22.7 Å². The molecule has 0 aromatic rings. The maximum atomic E-state index is 11.0. The van der Waals surface area contributed by atoms with Gasteiger partial charge in [0.15, 0.2) is 0 Å². The summed E-state index contributed by atoms with van der Waals surface area (Å²) in [6.07, 6.45) is 0. The molecule has 4 heteroatoms. The van der Waals surface area contributed by atoms with Crippen LogP contribution >= 0.6 is 0 Å². The fraction of sp³-hybridized carbons (Fsp3) is 0.800. The lowest BCUT2D eigenvalue weighted by Crippen LogP contribution is -2.57. The zero-order valence-corrected chi connectivity index (χ0v) is 9.38. The number of aliphatic carboxylic acids is 1. The topological polar surface area (TPSA) is 73.1 Å². The summed E-state index contributed by atoms with van der Waals surface area (Å²) in [4.78, 5) is 11.0. The van der Waals surface area contributed by atoms with E-state index in [-0.39, 0.29) is 6.04 Å². The molecule has 0 aliphatic heterocycles. The SMILES string of the molecule is CC(C#N)NC(C)(C)C(C)(C)C(=O)O. The van der Waals surface area contributed by atoms with Gasteiger partial charge in [-0.25, -0.2) is 0 Å². The lowest BCUT2D eigenvalue weighted by molar-refractivity contribution is -0.151. The van der Waals surface area contributed by atoms with E-state index in [4.69, 9.17) is 10.4 Å². The second-order valence-electron chi connectivity index (χ2n) is 4.55. The van der Waals surface area contributed by atoms with E-state index in [1.165, 1.54) is 0 Å². The van der Waals surface area contributed by atoms with Crippen molar-refractivity contribution in [2.24, 2.45) is 5.41 Å². The maximum absolute atomic E-state index is 11.0. The van der Waals surface area contributed by atoms with Gasteiger partial charge in [0, 0.05) is 5.54 Å². The van der Waals surface area contributed by atoms with Crippen LogP contribution in [-0.2, 0) is 4.79 Å². The molecule has 0 spiro atoms. The van der Waals surface area contributed by atoms with Gasteiger partial charge in [0.2, 0.25) is 0 Å². The van der Waals surface area contributed by atoms with Crippen LogP contribution in [0.25, 0.3) is 0 Å². The molecule has 4 nitrogen and oxygen atoms in total. The van der Waals surface area contributed by atoms with E-state index < -0.39 is 16.9 Å². The van der Waals surface area contributed by atoms with Crippen molar-refractivity contribution in [1.82, 2.24) is 5.32 Å². The van der Waals surface area contributed by atoms with E-state index >= 15 is 0 Å². The van der Waals surface area contributed by atoms with Crippen LogP contribution in [0.3, 0.4) is 0 Å². The largest absolute Gasteiger partial charge is 0.481 e. The van der Waals surface area contributed by atoms with E-state index in [9.17, 15) is 4.79 Å². The minimum absolute atomic E-state index is 0.358. The van der Waals surface area contributed by atoms with Crippen LogP contribution in [0.4, 0.5) is 0 Å². The number of carboxylic acid groups (broad SMARTS) is 1. The van der Waals surface area contributed by atoms with Crippen molar-refractivity contribution in [3.63, 3.8) is 0 Å². The van der Waals surface area contributed by atoms with Gasteiger partial charge >= 0.3 is 5.97 Å². The smallest absolute Gasteiger partial charge is 0.310 e. The Hall–Kier alpha value is -1.08. The molecule has 0 saturated heterocycles. The van der Waals surface area contributed by atoms with Crippen molar-refractivity contribution in [3.8, 4) is 6.07 Å². The van der Waals surface area contributed by atoms with Crippen molar-refractivity contribution in [3.05, 3.63) is 0 Å². The first-order valence-electron chi connectivity index (χ1n) is 4.56. The lowest BCUT2D eigenvalue weighted by atomic mass is 9.74. The Morgan fingerprint density at radius 3 is 2.14 bits per heavy atom. The summed E-state index contributed by atoms with van der Waals surface area (Å²) in [6, 6.07) is 1.67. The van der Waals surface area contributed by atoms with Crippen LogP contribution in [0.1, 0.15) is 34.6 Å². The number of carboxylic acids is 1. The zero-order valence-electron chi connectivity index (χ0n) is 9.38. The van der Waals surface area contributed by atoms with Gasteiger partial charge in [-0.2, -0.15) is 5.26 Å². The number of carbonyl (C=O) groups is 1. The van der Waals surface area contributed by atoms with Gasteiger partial charge in [-0.3, -0.25) is 10.1 Å². The predicted octanol–water partition coefficient (Wildman–Crippen LogP) is 1.38. The number of nitrogens with one attached hydrogen (secondary N) is 1. The highest BCUT2D eigenvalue weighted by Gasteiger charge is 2.43. The van der Waals surface area contributed by atoms with Gasteiger partial charge < -0.3 is 5.11 Å². The number of rotatable bonds is 4. The quantitative estimate of drug-likeness (QED) is 0.715. The first-order chi connectivity index (χ1) is 6.15. The summed E-state index contributed by atoms with van der Waals surface area (Å²) < 4.78 is 0. The molecule has 14 heavy (non-hydrogen) atoms. The molecular weight excluding hydrogens is 180 g/mol. The van der Waals surface area contributed by atoms with E-state index in [1.54, 1.807) is 34.6 Å². The minimum Gasteiger partial charge on any atom is -0.481 e. The molecule has 0 aliphatic carbocycles. The molecule has 0 saturated carbocycles. The fourth-order valence-electron chi connectivity index (χ4n) is 1.02. The molecule has 0 fully saturated rings. The van der Waals surface area contributed by atoms with Gasteiger partial charge in [0.05, 0.1) is 17.5 Å². The number of hydrogen-bond donors (Lipinski definition) is 2. The van der Waals surface area contributed by atoms with Crippen molar-refractivity contribution in [2.45, 2.75) is 46.2 Å². The molecule has 0 aromatic carbocycles. The highest BCUT2D eigenvalue weighted by Crippen LogP contribution is 2.30. The second-order valence-corrected chi connectivity index (χ2v) is 4.55. The van der Waals surface area contributed by atoms with E-state index in [0.717, 1.165) is 0 Å². The first-order valence-corrected chi connectivity index (χ1v) is 4.56. The normalized spacial score (nSPS) is 14.6. The third kappa shape index (κ3) is 2.46. The Morgan fingerprint density at radius 2 is 1.86 bits per heavy atom. The molecule has 2 N–H and O–H groups in total. The summed E-state index contributed by atoms with van der Waals surface area (Å²) in [5.74, 6) is -0.875. The van der Waals surface area contributed by atoms with Crippen molar-refractivity contribution in [1.29, 1.82) is 5.26 Å². The number of hydrogen-bond acceptors (Lipinski definition) is 3. The average Bonchev–Trinajstić information content (AvgIpc) is 2.02. The molecular formula is C10H18N2O2. The summed E-state index contributed by atoms with van der Waals surface area (Å²) in [5, 5.41) is 20.7. The maximum Gasteiger partial charge on any atom is 0.310 e. The van der Waals surface area contributed by atoms with Gasteiger partial charge in [0.1, 0.15) is 0 Å². The van der Waals surface area contributed by atoms with Gasteiger partial charge in [-0.05, 0) is 34.6 Å². The Kier molecular flexibility index (Phi) is 3.66. The van der Waals surface area contributed by atoms with Crippen molar-refractivity contribution >= 4 is 5.97 Å². The van der Waals surface area contributed by atoms with E-state index in [1.807, 2.05) is 6.07 Å². The standard InChI is InChI=1S/C10H18N2O2/c1-7(6-11)12-10(4,5)9(2,3)8(13)14/h7,12H,1-5H3,(H,13,14). The minimum atomic E-state index is -0.919. The third-order valence-electron chi connectivity index (χ3n) is 2.87. The van der Waals surface area contributed by atoms with Crippen LogP contribution in [0.5, 0.6) is 0 Å². The molecule has 0 rings (SSSR count). The monoisotopic (exact) mass is 198 g/mol. The average molecular weight is 198 g/mol. The fourth-order valence-corrected chi connectivity index (χ4v) is 1.02. The predicted molar refractivity (Wildman–Crippen MR) is 53.7 cm³/mol. The molecule has 0 aliphatic rings. The number of nitrogens with zero attached hydrogens (tertiary/aromatic N) is 1. The molecule has 0 aromatic heterocycles. The van der Waals surface area contributed by atoms with Crippen LogP contribution in [0.2, 0.25) is 0 Å². The van der Waals surface area contributed by atoms with Crippen LogP contribution in [0.15, 0.2) is 0 Å². The summed E-state index contributed by atoms with van der Waals surface area (Å²) >= 11 is 0. The van der Waals surface area contributed by atoms with E-state index in [0.29, 0.717) is 0 Å². The highest BCUT2D eigenvalue weighted by atomic mass is 16.4. The van der Waals surface area contributed by atoms with Crippen LogP contribution in [0, 0.1) is 16.7 Å². The Morgan fingerprint density at radius 1 is 1.43 bits per heavy atom. The summed E-state index contributed by atoms with van der Waals surface area (Å²) in [6.45, 7) is 8.57. The second kappa shape index (κ2) is 3.97. The Balaban J connectivity index is 4.79. The first kappa shape index (κ1) is 12.9. The van der Waals surface area contributed by atoms with Gasteiger partial charge in [-0.1, -0.05) is 0 Å². The molecule has 0 radical (unpaired) electrons. The zero-order chi connectivity index (χ0) is 11.6. The summed E-state index contributed by atoms with van der Waals surface area (Å²) in [7, 11) is 0. The van der Waals surface area contributed by atoms with Crippen molar-refractivity contribution in [2.75, 3.05) is 0 Å². The summed E-state index contributed by atoms with van der Waals surface area (Å²) in [5.41, 5.74) is -1.55. The number of nitriles is 1. The molecule has 0 amide bonds. The van der Waals surface area contributed by atoms with Crippen LogP contribution < -0.4 is 5.32 Å². The van der Waals surface area contributed by atoms with Crippen molar-refractivity contribution < 1.29 is 9.90 Å². The molecule has 0 heterocycles. The molecule has 80 valence electrons. The molecule has 0 bridgehead atoms. The Bertz CT molecular complexity index is 264. The lowest BCUT2D eigenvalue weighted by Gasteiger charge is -2.39. The molecule has 1 atom stereocenters.